The first-order valence-electron chi connectivity index (χ1n) is 11.2. The Balaban J connectivity index is 1.60. The normalized spacial score (nSPS) is 45.9. The average Bonchev–Trinajstić information content (AvgIpc) is 2.98. The standard InChI is InChI=1S/C24H39OP/c1-5-6-16(2)20-9-10-21-19-8-7-17-15-18(25-26)11-13-23(17,3)22(19)12-14-24(20,21)4/h9,12,16-19,21H,5-8,10-11,13-15,26H2,1-4H3/t16-,17-,18-,19+,21+,23+,24-/m1/s1. The Kier molecular flexibility index (Phi) is 5.20. The fraction of sp³-hybridized carbons (Fsp3) is 0.833. The van der Waals surface area contributed by atoms with Crippen LogP contribution in [0.15, 0.2) is 23.3 Å². The van der Waals surface area contributed by atoms with Gasteiger partial charge in [-0.3, -0.25) is 0 Å². The molecule has 2 saturated carbocycles. The highest BCUT2D eigenvalue weighted by molar-refractivity contribution is 7.09. The Hall–Kier alpha value is -0.130. The molecule has 4 rings (SSSR count). The molecule has 2 fully saturated rings. The second-order valence-electron chi connectivity index (χ2n) is 10.3. The second-order valence-corrected chi connectivity index (χ2v) is 10.6. The summed E-state index contributed by atoms with van der Waals surface area (Å²) in [6.07, 6.45) is 17.8. The van der Waals surface area contributed by atoms with E-state index in [0.29, 0.717) is 16.9 Å². The van der Waals surface area contributed by atoms with Gasteiger partial charge in [-0.15, -0.1) is 0 Å². The molecule has 0 aromatic heterocycles. The molecule has 0 spiro atoms. The van der Waals surface area contributed by atoms with Gasteiger partial charge >= 0.3 is 0 Å². The van der Waals surface area contributed by atoms with E-state index < -0.39 is 0 Å². The van der Waals surface area contributed by atoms with Crippen LogP contribution in [0, 0.1) is 34.5 Å². The van der Waals surface area contributed by atoms with Crippen molar-refractivity contribution in [3.05, 3.63) is 23.3 Å². The van der Waals surface area contributed by atoms with Gasteiger partial charge in [0.1, 0.15) is 0 Å². The number of hydrogen-bond acceptors (Lipinski definition) is 1. The van der Waals surface area contributed by atoms with Crippen LogP contribution in [-0.4, -0.2) is 6.10 Å². The molecular weight excluding hydrogens is 335 g/mol. The minimum Gasteiger partial charge on any atom is -0.362 e. The summed E-state index contributed by atoms with van der Waals surface area (Å²) < 4.78 is 5.66. The van der Waals surface area contributed by atoms with E-state index in [4.69, 9.17) is 4.52 Å². The molecule has 2 heteroatoms. The van der Waals surface area contributed by atoms with Crippen LogP contribution in [0.25, 0.3) is 0 Å². The van der Waals surface area contributed by atoms with Crippen LogP contribution < -0.4 is 0 Å². The number of hydrogen-bond donors (Lipinski definition) is 0. The Morgan fingerprint density at radius 3 is 2.73 bits per heavy atom. The number of allylic oxidation sites excluding steroid dienone is 4. The summed E-state index contributed by atoms with van der Waals surface area (Å²) in [4.78, 5) is 0. The van der Waals surface area contributed by atoms with Crippen LogP contribution in [0.4, 0.5) is 0 Å². The van der Waals surface area contributed by atoms with Crippen LogP contribution in [0.5, 0.6) is 0 Å². The van der Waals surface area contributed by atoms with Gasteiger partial charge in [-0.2, -0.15) is 0 Å². The Bertz CT molecular complexity index is 607. The summed E-state index contributed by atoms with van der Waals surface area (Å²) >= 11 is 0. The SMILES string of the molecule is CCC[C@@H](C)C1=CC[C@H]2[C@@H]3CC[C@@H]4C[C@H](OP)CC[C@]4(C)C3=CC[C@]12C. The molecule has 0 bridgehead atoms. The van der Waals surface area contributed by atoms with E-state index in [1.807, 2.05) is 5.57 Å². The van der Waals surface area contributed by atoms with Crippen molar-refractivity contribution in [2.24, 2.45) is 34.5 Å². The number of fused-ring (bicyclic) bond motifs is 5. The lowest BCUT2D eigenvalue weighted by atomic mass is 9.48. The van der Waals surface area contributed by atoms with Gasteiger partial charge < -0.3 is 4.52 Å². The summed E-state index contributed by atoms with van der Waals surface area (Å²) in [5.41, 5.74) is 4.54. The monoisotopic (exact) mass is 374 g/mol. The summed E-state index contributed by atoms with van der Waals surface area (Å²) in [5.74, 6) is 3.31. The van der Waals surface area contributed by atoms with Crippen LogP contribution in [0.2, 0.25) is 0 Å². The van der Waals surface area contributed by atoms with Gasteiger partial charge in [0.15, 0.2) is 0 Å². The first-order chi connectivity index (χ1) is 12.4. The summed E-state index contributed by atoms with van der Waals surface area (Å²) in [6.45, 7) is 10.0. The highest BCUT2D eigenvalue weighted by atomic mass is 31.0. The van der Waals surface area contributed by atoms with E-state index in [1.165, 1.54) is 57.8 Å². The topological polar surface area (TPSA) is 9.23 Å². The Labute approximate surface area is 163 Å². The fourth-order valence-electron chi connectivity index (χ4n) is 7.58. The molecule has 4 aliphatic carbocycles. The molecule has 0 aromatic rings. The summed E-state index contributed by atoms with van der Waals surface area (Å²) in [7, 11) is 2.51. The molecule has 0 saturated heterocycles. The smallest absolute Gasteiger partial charge is 0.0614 e. The largest absolute Gasteiger partial charge is 0.362 e. The molecule has 1 unspecified atom stereocenters. The minimum absolute atomic E-state index is 0.437. The predicted octanol–water partition coefficient (Wildman–Crippen LogP) is 7.10. The third kappa shape index (κ3) is 2.79. The van der Waals surface area contributed by atoms with Gasteiger partial charge in [0, 0.05) is 9.47 Å². The molecule has 0 N–H and O–H groups in total. The first-order valence-corrected chi connectivity index (χ1v) is 11.7. The van der Waals surface area contributed by atoms with Crippen molar-refractivity contribution in [1.82, 2.24) is 0 Å². The zero-order valence-electron chi connectivity index (χ0n) is 17.4. The second kappa shape index (κ2) is 7.04. The molecule has 1 nitrogen and oxygen atoms in total. The molecule has 8 atom stereocenters. The quantitative estimate of drug-likeness (QED) is 0.377. The molecule has 0 amide bonds. The molecule has 146 valence electrons. The molecule has 0 aromatic carbocycles. The summed E-state index contributed by atoms with van der Waals surface area (Å²) in [5, 5.41) is 0. The average molecular weight is 375 g/mol. The fourth-order valence-corrected chi connectivity index (χ4v) is 7.82. The van der Waals surface area contributed by atoms with Crippen molar-refractivity contribution >= 4 is 9.47 Å². The Morgan fingerprint density at radius 2 is 2.00 bits per heavy atom. The maximum atomic E-state index is 5.66. The maximum Gasteiger partial charge on any atom is 0.0614 e. The third-order valence-electron chi connectivity index (χ3n) is 9.07. The lowest BCUT2D eigenvalue weighted by molar-refractivity contribution is 0.00805. The van der Waals surface area contributed by atoms with Gasteiger partial charge in [0.25, 0.3) is 0 Å². The summed E-state index contributed by atoms with van der Waals surface area (Å²) in [6, 6.07) is 0. The predicted molar refractivity (Wildman–Crippen MR) is 114 cm³/mol. The van der Waals surface area contributed by atoms with Crippen molar-refractivity contribution in [3.8, 4) is 0 Å². The number of rotatable bonds is 4. The molecular formula is C24H39OP. The molecule has 26 heavy (non-hydrogen) atoms. The minimum atomic E-state index is 0.437. The highest BCUT2D eigenvalue weighted by Crippen LogP contribution is 2.65. The van der Waals surface area contributed by atoms with Crippen LogP contribution in [-0.2, 0) is 4.52 Å². The van der Waals surface area contributed by atoms with Crippen molar-refractivity contribution in [1.29, 1.82) is 0 Å². The van der Waals surface area contributed by atoms with E-state index in [0.717, 1.165) is 23.7 Å². The van der Waals surface area contributed by atoms with Crippen LogP contribution in [0.1, 0.15) is 85.5 Å². The van der Waals surface area contributed by atoms with Crippen molar-refractivity contribution in [2.75, 3.05) is 0 Å². The lowest BCUT2D eigenvalue weighted by Crippen LogP contribution is -2.48. The van der Waals surface area contributed by atoms with E-state index in [2.05, 4.69) is 49.3 Å². The highest BCUT2D eigenvalue weighted by Gasteiger charge is 2.55. The van der Waals surface area contributed by atoms with Gasteiger partial charge in [0.2, 0.25) is 0 Å². The third-order valence-corrected chi connectivity index (χ3v) is 9.45. The Morgan fingerprint density at radius 1 is 1.19 bits per heavy atom. The van der Waals surface area contributed by atoms with E-state index in [9.17, 15) is 0 Å². The molecule has 0 radical (unpaired) electrons. The molecule has 0 aliphatic heterocycles. The van der Waals surface area contributed by atoms with Gasteiger partial charge in [-0.1, -0.05) is 57.4 Å². The van der Waals surface area contributed by atoms with Crippen LogP contribution >= 0.6 is 9.47 Å². The zero-order valence-corrected chi connectivity index (χ0v) is 18.5. The van der Waals surface area contributed by atoms with E-state index >= 15 is 0 Å². The van der Waals surface area contributed by atoms with Crippen LogP contribution in [0.3, 0.4) is 0 Å². The van der Waals surface area contributed by atoms with Gasteiger partial charge in [-0.25, -0.2) is 0 Å². The van der Waals surface area contributed by atoms with Crippen molar-refractivity contribution in [2.45, 2.75) is 91.6 Å². The van der Waals surface area contributed by atoms with Crippen molar-refractivity contribution in [3.63, 3.8) is 0 Å². The van der Waals surface area contributed by atoms with E-state index in [-0.39, 0.29) is 0 Å². The first kappa shape index (κ1) is 19.2. The van der Waals surface area contributed by atoms with Crippen molar-refractivity contribution < 1.29 is 4.52 Å². The molecule has 4 aliphatic rings. The van der Waals surface area contributed by atoms with Gasteiger partial charge in [-0.05, 0) is 85.9 Å². The lowest BCUT2D eigenvalue weighted by Gasteiger charge is -2.57. The zero-order chi connectivity index (χ0) is 18.5. The maximum absolute atomic E-state index is 5.66. The van der Waals surface area contributed by atoms with Gasteiger partial charge in [0.05, 0.1) is 6.10 Å². The molecule has 0 heterocycles. The van der Waals surface area contributed by atoms with E-state index in [1.54, 1.807) is 5.57 Å².